The van der Waals surface area contributed by atoms with Gasteiger partial charge in [0.15, 0.2) is 0 Å². The van der Waals surface area contributed by atoms with Gasteiger partial charge in [-0.05, 0) is 29.3 Å². The van der Waals surface area contributed by atoms with Crippen molar-refractivity contribution in [1.29, 1.82) is 0 Å². The monoisotopic (exact) mass is 268 g/mol. The third-order valence-corrected chi connectivity index (χ3v) is 3.13. The van der Waals surface area contributed by atoms with Crippen molar-refractivity contribution < 1.29 is 9.50 Å². The SMILES string of the molecule is C=CC[C@@](O)(/C=C/c1ccccc1)c1cccc(F)c1. The van der Waals surface area contributed by atoms with Gasteiger partial charge in [0.2, 0.25) is 0 Å². The minimum atomic E-state index is -1.25. The Balaban J connectivity index is 2.34. The van der Waals surface area contributed by atoms with Gasteiger partial charge in [-0.2, -0.15) is 0 Å². The molecular formula is C18H17FO. The van der Waals surface area contributed by atoms with E-state index in [2.05, 4.69) is 6.58 Å². The number of aliphatic hydroxyl groups is 1. The highest BCUT2D eigenvalue weighted by Gasteiger charge is 2.24. The minimum absolute atomic E-state index is 0.319. The van der Waals surface area contributed by atoms with Gasteiger partial charge in [0.05, 0.1) is 0 Å². The summed E-state index contributed by atoms with van der Waals surface area (Å²) in [7, 11) is 0. The van der Waals surface area contributed by atoms with Crippen LogP contribution in [0.2, 0.25) is 0 Å². The molecule has 0 fully saturated rings. The normalized spacial score (nSPS) is 14.1. The third kappa shape index (κ3) is 3.43. The largest absolute Gasteiger partial charge is 0.381 e. The second kappa shape index (κ2) is 6.31. The van der Waals surface area contributed by atoms with Crippen LogP contribution in [-0.4, -0.2) is 5.11 Å². The summed E-state index contributed by atoms with van der Waals surface area (Å²) in [4.78, 5) is 0. The number of hydrogen-bond acceptors (Lipinski definition) is 1. The summed E-state index contributed by atoms with van der Waals surface area (Å²) in [5.74, 6) is -0.363. The molecule has 2 rings (SSSR count). The summed E-state index contributed by atoms with van der Waals surface area (Å²) >= 11 is 0. The van der Waals surface area contributed by atoms with E-state index in [1.165, 1.54) is 12.1 Å². The van der Waals surface area contributed by atoms with Gasteiger partial charge in [0.25, 0.3) is 0 Å². The van der Waals surface area contributed by atoms with Crippen LogP contribution in [0.4, 0.5) is 4.39 Å². The molecule has 102 valence electrons. The van der Waals surface area contributed by atoms with Crippen LogP contribution in [0.25, 0.3) is 6.08 Å². The first-order chi connectivity index (χ1) is 9.64. The van der Waals surface area contributed by atoms with Crippen LogP contribution in [0, 0.1) is 5.82 Å². The van der Waals surface area contributed by atoms with Crippen molar-refractivity contribution in [1.82, 2.24) is 0 Å². The van der Waals surface area contributed by atoms with E-state index in [1.807, 2.05) is 36.4 Å². The van der Waals surface area contributed by atoms with Gasteiger partial charge < -0.3 is 5.11 Å². The van der Waals surface area contributed by atoms with Crippen LogP contribution in [0.5, 0.6) is 0 Å². The quantitative estimate of drug-likeness (QED) is 0.801. The second-order valence-corrected chi connectivity index (χ2v) is 4.67. The van der Waals surface area contributed by atoms with E-state index in [4.69, 9.17) is 0 Å². The Hall–Kier alpha value is -2.19. The van der Waals surface area contributed by atoms with E-state index in [1.54, 1.807) is 24.3 Å². The Labute approximate surface area is 118 Å². The first kappa shape index (κ1) is 14.2. The number of benzene rings is 2. The molecule has 0 amide bonds. The zero-order valence-corrected chi connectivity index (χ0v) is 11.2. The topological polar surface area (TPSA) is 20.2 Å². The molecule has 0 aliphatic heterocycles. The third-order valence-electron chi connectivity index (χ3n) is 3.13. The fourth-order valence-corrected chi connectivity index (χ4v) is 2.06. The summed E-state index contributed by atoms with van der Waals surface area (Å²) in [6, 6.07) is 15.7. The van der Waals surface area contributed by atoms with Crippen LogP contribution in [-0.2, 0) is 5.60 Å². The highest BCUT2D eigenvalue weighted by atomic mass is 19.1. The second-order valence-electron chi connectivity index (χ2n) is 4.67. The molecule has 20 heavy (non-hydrogen) atoms. The van der Waals surface area contributed by atoms with Crippen molar-refractivity contribution in [2.75, 3.05) is 0 Å². The lowest BCUT2D eigenvalue weighted by Crippen LogP contribution is -2.22. The molecule has 0 bridgehead atoms. The highest BCUT2D eigenvalue weighted by molar-refractivity contribution is 5.51. The zero-order chi connectivity index (χ0) is 14.4. The summed E-state index contributed by atoms with van der Waals surface area (Å²) in [5, 5.41) is 10.7. The van der Waals surface area contributed by atoms with E-state index in [0.717, 1.165) is 5.56 Å². The standard InChI is InChI=1S/C18H17FO/c1-2-12-18(20,16-9-6-10-17(19)14-16)13-11-15-7-4-3-5-8-15/h2-11,13-14,20H,1,12H2/b13-11+/t18-/m1/s1. The Kier molecular flexibility index (Phi) is 4.49. The Morgan fingerprint density at radius 1 is 1.10 bits per heavy atom. The smallest absolute Gasteiger partial charge is 0.123 e. The molecule has 1 nitrogen and oxygen atoms in total. The summed E-state index contributed by atoms with van der Waals surface area (Å²) < 4.78 is 13.3. The van der Waals surface area contributed by atoms with Crippen LogP contribution >= 0.6 is 0 Å². The maximum Gasteiger partial charge on any atom is 0.123 e. The van der Waals surface area contributed by atoms with Crippen LogP contribution in [0.15, 0.2) is 73.3 Å². The molecule has 0 spiro atoms. The number of hydrogen-bond donors (Lipinski definition) is 1. The van der Waals surface area contributed by atoms with Crippen molar-refractivity contribution in [3.63, 3.8) is 0 Å². The maximum atomic E-state index is 13.3. The van der Waals surface area contributed by atoms with Gasteiger partial charge in [0, 0.05) is 6.42 Å². The molecular weight excluding hydrogens is 251 g/mol. The Morgan fingerprint density at radius 3 is 2.50 bits per heavy atom. The van der Waals surface area contributed by atoms with E-state index in [-0.39, 0.29) is 5.82 Å². The molecule has 2 heteroatoms. The summed E-state index contributed by atoms with van der Waals surface area (Å²) in [5.41, 5.74) is 0.246. The lowest BCUT2D eigenvalue weighted by molar-refractivity contribution is 0.0935. The summed E-state index contributed by atoms with van der Waals surface area (Å²) in [6.45, 7) is 3.66. The molecule has 0 aliphatic carbocycles. The predicted molar refractivity (Wildman–Crippen MR) is 80.6 cm³/mol. The van der Waals surface area contributed by atoms with Gasteiger partial charge >= 0.3 is 0 Å². The minimum Gasteiger partial charge on any atom is -0.381 e. The average molecular weight is 268 g/mol. The fourth-order valence-electron chi connectivity index (χ4n) is 2.06. The highest BCUT2D eigenvalue weighted by Crippen LogP contribution is 2.28. The predicted octanol–water partition coefficient (Wildman–Crippen LogP) is 4.30. The van der Waals surface area contributed by atoms with Crippen LogP contribution in [0.3, 0.4) is 0 Å². The molecule has 0 aliphatic rings. The van der Waals surface area contributed by atoms with Crippen molar-refractivity contribution >= 4 is 6.08 Å². The van der Waals surface area contributed by atoms with Crippen molar-refractivity contribution in [3.05, 3.63) is 90.3 Å². The van der Waals surface area contributed by atoms with E-state index < -0.39 is 5.60 Å². The zero-order valence-electron chi connectivity index (χ0n) is 11.2. The molecule has 0 heterocycles. The first-order valence-electron chi connectivity index (χ1n) is 6.48. The van der Waals surface area contributed by atoms with Gasteiger partial charge in [0.1, 0.15) is 11.4 Å². The van der Waals surface area contributed by atoms with Gasteiger partial charge in [-0.25, -0.2) is 4.39 Å². The van der Waals surface area contributed by atoms with E-state index in [0.29, 0.717) is 12.0 Å². The van der Waals surface area contributed by atoms with Crippen molar-refractivity contribution in [2.24, 2.45) is 0 Å². The summed E-state index contributed by atoms with van der Waals surface area (Å²) in [6.07, 6.45) is 5.45. The first-order valence-corrected chi connectivity index (χ1v) is 6.48. The average Bonchev–Trinajstić information content (AvgIpc) is 2.47. The Bertz CT molecular complexity index is 604. The molecule has 0 unspecified atom stereocenters. The molecule has 2 aromatic rings. The Morgan fingerprint density at radius 2 is 1.85 bits per heavy atom. The van der Waals surface area contributed by atoms with Crippen LogP contribution in [0.1, 0.15) is 17.5 Å². The molecule has 0 radical (unpaired) electrons. The maximum absolute atomic E-state index is 13.3. The molecule has 2 aromatic carbocycles. The van der Waals surface area contributed by atoms with Gasteiger partial charge in [-0.1, -0.05) is 54.6 Å². The van der Waals surface area contributed by atoms with E-state index >= 15 is 0 Å². The van der Waals surface area contributed by atoms with E-state index in [9.17, 15) is 9.50 Å². The van der Waals surface area contributed by atoms with Crippen LogP contribution < -0.4 is 0 Å². The fraction of sp³-hybridized carbons (Fsp3) is 0.111. The molecule has 0 saturated carbocycles. The lowest BCUT2D eigenvalue weighted by Gasteiger charge is -2.24. The van der Waals surface area contributed by atoms with Crippen molar-refractivity contribution in [3.8, 4) is 0 Å². The molecule has 1 atom stereocenters. The lowest BCUT2D eigenvalue weighted by atomic mass is 9.89. The molecule has 0 aromatic heterocycles. The molecule has 0 saturated heterocycles. The number of halogens is 1. The van der Waals surface area contributed by atoms with Crippen molar-refractivity contribution in [2.45, 2.75) is 12.0 Å². The van der Waals surface area contributed by atoms with Gasteiger partial charge in [-0.3, -0.25) is 0 Å². The van der Waals surface area contributed by atoms with Gasteiger partial charge in [-0.15, -0.1) is 6.58 Å². The molecule has 1 N–H and O–H groups in total. The number of rotatable bonds is 5.